The molecule has 2 amide bonds. The van der Waals surface area contributed by atoms with Crippen LogP contribution in [0, 0.1) is 24.7 Å². The molecule has 6 rings (SSSR count). The number of amides is 2. The summed E-state index contributed by atoms with van der Waals surface area (Å²) in [4.78, 5) is 44.0. The quantitative estimate of drug-likeness (QED) is 0.336. The molecule has 10 nitrogen and oxygen atoms in total. The van der Waals surface area contributed by atoms with Crippen LogP contribution in [0.2, 0.25) is 5.02 Å². The van der Waals surface area contributed by atoms with Crippen LogP contribution >= 0.6 is 22.9 Å². The number of fused-ring (bicyclic) bond motifs is 3. The Morgan fingerprint density at radius 3 is 2.70 bits per heavy atom. The van der Waals surface area contributed by atoms with Gasteiger partial charge in [0, 0.05) is 12.0 Å². The molecule has 4 atom stereocenters. The number of nitrogens with two attached hydrogens (primary N) is 2. The zero-order valence-corrected chi connectivity index (χ0v) is 22.0. The summed E-state index contributed by atoms with van der Waals surface area (Å²) in [7, 11) is 0. The molecule has 2 aliphatic carbocycles. The molecule has 3 aromatic heterocycles. The molecule has 12 heteroatoms. The van der Waals surface area contributed by atoms with Gasteiger partial charge in [0.1, 0.15) is 5.52 Å². The van der Waals surface area contributed by atoms with Crippen molar-refractivity contribution in [3.63, 3.8) is 0 Å². The molecule has 4 heterocycles. The van der Waals surface area contributed by atoms with E-state index in [0.29, 0.717) is 40.2 Å². The molecular weight excluding hydrogens is 512 g/mol. The van der Waals surface area contributed by atoms with Gasteiger partial charge in [-0.2, -0.15) is 0 Å². The van der Waals surface area contributed by atoms with E-state index in [1.54, 1.807) is 17.5 Å². The number of likely N-dealkylation sites (tertiary alicyclic amines) is 1. The van der Waals surface area contributed by atoms with Crippen LogP contribution in [0.5, 0.6) is 0 Å². The normalized spacial score (nSPS) is 25.8. The molecule has 1 saturated heterocycles. The van der Waals surface area contributed by atoms with Gasteiger partial charge in [0.15, 0.2) is 11.5 Å². The number of hydrogen-bond acceptors (Lipinski definition) is 8. The van der Waals surface area contributed by atoms with Crippen LogP contribution in [-0.4, -0.2) is 62.3 Å². The van der Waals surface area contributed by atoms with Crippen molar-refractivity contribution in [2.24, 2.45) is 29.2 Å². The van der Waals surface area contributed by atoms with Gasteiger partial charge in [-0.15, -0.1) is 11.3 Å². The molecule has 2 fully saturated rings. The highest BCUT2D eigenvalue weighted by Gasteiger charge is 2.47. The minimum absolute atomic E-state index is 0.125. The van der Waals surface area contributed by atoms with Gasteiger partial charge in [-0.25, -0.2) is 15.0 Å². The van der Waals surface area contributed by atoms with Crippen molar-refractivity contribution in [2.45, 2.75) is 38.1 Å². The van der Waals surface area contributed by atoms with E-state index in [4.69, 9.17) is 33.0 Å². The number of pyridine rings is 1. The summed E-state index contributed by atoms with van der Waals surface area (Å²) in [5, 5.41) is 5.06. The average molecular weight is 541 g/mol. The van der Waals surface area contributed by atoms with Gasteiger partial charge >= 0.3 is 0 Å². The van der Waals surface area contributed by atoms with Crippen LogP contribution in [0.3, 0.4) is 0 Å². The number of nitrogens with one attached hydrogen (secondary N) is 2. The molecule has 194 valence electrons. The lowest BCUT2D eigenvalue weighted by Crippen LogP contribution is -2.41. The second-order valence-corrected chi connectivity index (χ2v) is 11.7. The van der Waals surface area contributed by atoms with E-state index in [1.807, 2.05) is 6.92 Å². The number of thiazole rings is 1. The lowest BCUT2D eigenvalue weighted by molar-refractivity contribution is -0.122. The van der Waals surface area contributed by atoms with E-state index >= 15 is 0 Å². The number of primary amides is 2. The highest BCUT2D eigenvalue weighted by Crippen LogP contribution is 2.46. The zero-order valence-electron chi connectivity index (χ0n) is 20.4. The lowest BCUT2D eigenvalue weighted by Gasteiger charge is -2.29. The number of rotatable bonds is 7. The Kier molecular flexibility index (Phi) is 6.16. The zero-order chi connectivity index (χ0) is 25.8. The molecule has 37 heavy (non-hydrogen) atoms. The Hall–Kier alpha value is -3.02. The third kappa shape index (κ3) is 4.38. The van der Waals surface area contributed by atoms with Crippen LogP contribution in [0.1, 0.15) is 35.9 Å². The van der Waals surface area contributed by atoms with Gasteiger partial charge in [-0.1, -0.05) is 23.8 Å². The minimum Gasteiger partial charge on any atom is -0.378 e. The van der Waals surface area contributed by atoms with E-state index in [9.17, 15) is 9.59 Å². The predicted octanol–water partition coefficient (Wildman–Crippen LogP) is 2.80. The standard InChI is InChI=1S/C25H29ClN8O2S/c1-11-21(37-25(30-11)12-4-6-34(7-5-12)10-16(27)35)24-32-20-19(15(26)9-29-23(20)33-24)31-18-14-3-2-13(8-14)17(18)22(28)36/h2-3,9,12-14,17-18H,4-8,10H2,1H3,(H2,27,35)(H2,28,36)(H2,29,31,32,33)/t13-,14+,17+,18-/m1/s1. The van der Waals surface area contributed by atoms with Gasteiger partial charge in [0.05, 0.1) is 44.9 Å². The summed E-state index contributed by atoms with van der Waals surface area (Å²) in [5.74, 6) is 0.554. The minimum atomic E-state index is -0.297. The van der Waals surface area contributed by atoms with Crippen molar-refractivity contribution >= 4 is 51.6 Å². The van der Waals surface area contributed by atoms with Crippen molar-refractivity contribution in [3.05, 3.63) is 34.1 Å². The Bertz CT molecular complexity index is 1410. The van der Waals surface area contributed by atoms with E-state index in [1.165, 1.54) is 0 Å². The number of piperidine rings is 1. The maximum absolute atomic E-state index is 12.2. The first-order chi connectivity index (χ1) is 17.8. The van der Waals surface area contributed by atoms with Gasteiger partial charge in [-0.05, 0) is 51.1 Å². The van der Waals surface area contributed by atoms with E-state index in [-0.39, 0.29) is 35.6 Å². The summed E-state index contributed by atoms with van der Waals surface area (Å²) in [5.41, 5.74) is 14.0. The third-order valence-corrected chi connectivity index (χ3v) is 9.53. The fourth-order valence-electron chi connectivity index (χ4n) is 6.13. The molecule has 3 aliphatic rings. The Morgan fingerprint density at radius 1 is 1.22 bits per heavy atom. The van der Waals surface area contributed by atoms with E-state index in [2.05, 4.69) is 32.3 Å². The molecular formula is C25H29ClN8O2S. The van der Waals surface area contributed by atoms with Crippen molar-refractivity contribution < 1.29 is 9.59 Å². The first-order valence-corrected chi connectivity index (χ1v) is 13.7. The van der Waals surface area contributed by atoms with E-state index < -0.39 is 0 Å². The summed E-state index contributed by atoms with van der Waals surface area (Å²) in [6.45, 7) is 3.95. The summed E-state index contributed by atoms with van der Waals surface area (Å²) < 4.78 is 0. The summed E-state index contributed by atoms with van der Waals surface area (Å²) in [6.07, 6.45) is 8.63. The molecule has 1 saturated carbocycles. The Balaban J connectivity index is 1.27. The average Bonchev–Trinajstić information content (AvgIpc) is 3.63. The molecule has 6 N–H and O–H groups in total. The maximum atomic E-state index is 12.2. The first-order valence-electron chi connectivity index (χ1n) is 12.5. The number of halogens is 1. The number of allylic oxidation sites excluding steroid dienone is 1. The molecule has 0 spiro atoms. The summed E-state index contributed by atoms with van der Waals surface area (Å²) >= 11 is 8.24. The Morgan fingerprint density at radius 2 is 1.97 bits per heavy atom. The monoisotopic (exact) mass is 540 g/mol. The van der Waals surface area contributed by atoms with Crippen LogP contribution in [0.4, 0.5) is 5.69 Å². The van der Waals surface area contributed by atoms with Crippen LogP contribution < -0.4 is 16.8 Å². The van der Waals surface area contributed by atoms with Crippen molar-refractivity contribution in [2.75, 3.05) is 25.0 Å². The molecule has 2 bridgehead atoms. The maximum Gasteiger partial charge on any atom is 0.231 e. The highest BCUT2D eigenvalue weighted by molar-refractivity contribution is 7.15. The number of hydrogen-bond donors (Lipinski definition) is 4. The highest BCUT2D eigenvalue weighted by atomic mass is 35.5. The smallest absolute Gasteiger partial charge is 0.231 e. The molecule has 0 aromatic carbocycles. The van der Waals surface area contributed by atoms with Crippen molar-refractivity contribution in [3.8, 4) is 10.7 Å². The fraction of sp³-hybridized carbons (Fsp3) is 0.480. The van der Waals surface area contributed by atoms with Gasteiger partial charge < -0.3 is 21.8 Å². The summed E-state index contributed by atoms with van der Waals surface area (Å²) in [6, 6.07) is -0.125. The fourth-order valence-corrected chi connectivity index (χ4v) is 7.50. The van der Waals surface area contributed by atoms with Gasteiger partial charge in [-0.3, -0.25) is 14.5 Å². The van der Waals surface area contributed by atoms with Crippen LogP contribution in [0.25, 0.3) is 21.9 Å². The number of carbonyl (C=O) groups excluding carboxylic acids is 2. The molecule has 3 aromatic rings. The van der Waals surface area contributed by atoms with Crippen LogP contribution in [0.15, 0.2) is 18.3 Å². The largest absolute Gasteiger partial charge is 0.378 e. The van der Waals surface area contributed by atoms with Gasteiger partial charge in [0.25, 0.3) is 0 Å². The predicted molar refractivity (Wildman–Crippen MR) is 143 cm³/mol. The molecule has 0 unspecified atom stereocenters. The lowest BCUT2D eigenvalue weighted by atomic mass is 9.88. The molecule has 0 radical (unpaired) electrons. The van der Waals surface area contributed by atoms with E-state index in [0.717, 1.165) is 47.9 Å². The SMILES string of the molecule is Cc1nc(C2CCN(CC(N)=O)CC2)sc1-c1nc2ncc(Cl)c(N[C@H]3[C@@H](C(N)=O)[C@@H]4C=C[C@H]3C4)c2[nH]1. The number of imidazole rings is 1. The van der Waals surface area contributed by atoms with Gasteiger partial charge in [0.2, 0.25) is 11.8 Å². The number of aromatic amines is 1. The molecule has 1 aliphatic heterocycles. The van der Waals surface area contributed by atoms with Crippen molar-refractivity contribution in [1.82, 2.24) is 24.8 Å². The van der Waals surface area contributed by atoms with Crippen molar-refractivity contribution in [1.29, 1.82) is 0 Å². The number of aryl methyl sites for hydroxylation is 1. The number of H-pyrrole nitrogens is 1. The number of aromatic nitrogens is 4. The van der Waals surface area contributed by atoms with Crippen LogP contribution in [-0.2, 0) is 9.59 Å². The Labute approximate surface area is 222 Å². The number of carbonyl (C=O) groups is 2. The second-order valence-electron chi connectivity index (χ2n) is 10.3. The number of anilines is 1. The topological polar surface area (TPSA) is 156 Å². The number of nitrogens with zero attached hydrogens (tertiary/aromatic N) is 4. The third-order valence-electron chi connectivity index (χ3n) is 7.92. The second kappa shape index (κ2) is 9.38. The first kappa shape index (κ1) is 24.3.